The molecule has 0 radical (unpaired) electrons. The fourth-order valence-corrected chi connectivity index (χ4v) is 2.44. The first-order valence-corrected chi connectivity index (χ1v) is 8.04. The molecule has 1 N–H and O–H groups in total. The summed E-state index contributed by atoms with van der Waals surface area (Å²) in [5, 5.41) is 21.1. The fraction of sp³-hybridized carbons (Fsp3) is 0.353. The molecule has 0 aromatic heterocycles. The van der Waals surface area contributed by atoms with Gasteiger partial charge in [-0.25, -0.2) is 4.79 Å². The minimum Gasteiger partial charge on any atom is -0.450 e. The summed E-state index contributed by atoms with van der Waals surface area (Å²) in [6, 6.07) is 9.98. The smallest absolute Gasteiger partial charge is 0.409 e. The summed E-state index contributed by atoms with van der Waals surface area (Å²) in [4.78, 5) is 27.7. The Labute approximate surface area is 151 Å². The van der Waals surface area contributed by atoms with E-state index < -0.39 is 0 Å². The molecular weight excluding hydrogens is 336 g/mol. The number of carbonyl (C=O) groups is 2. The van der Waals surface area contributed by atoms with E-state index in [2.05, 4.69) is 10.5 Å². The first-order chi connectivity index (χ1) is 12.6. The van der Waals surface area contributed by atoms with Crippen LogP contribution in [-0.4, -0.2) is 60.3 Å². The Bertz CT molecular complexity index is 768. The predicted molar refractivity (Wildman–Crippen MR) is 93.2 cm³/mol. The second kappa shape index (κ2) is 9.04. The van der Waals surface area contributed by atoms with Crippen molar-refractivity contribution in [3.05, 3.63) is 29.8 Å². The van der Waals surface area contributed by atoms with Crippen molar-refractivity contribution in [3.8, 4) is 12.1 Å². The zero-order valence-corrected chi connectivity index (χ0v) is 14.3. The first-order valence-electron chi connectivity index (χ1n) is 8.04. The van der Waals surface area contributed by atoms with Gasteiger partial charge < -0.3 is 14.5 Å². The second-order valence-corrected chi connectivity index (χ2v) is 5.32. The minimum absolute atomic E-state index is 0.220. The lowest BCUT2D eigenvalue weighted by Gasteiger charge is -2.34. The van der Waals surface area contributed by atoms with E-state index in [1.807, 2.05) is 0 Å². The monoisotopic (exact) mass is 354 g/mol. The van der Waals surface area contributed by atoms with Crippen LogP contribution in [0.2, 0.25) is 0 Å². The second-order valence-electron chi connectivity index (χ2n) is 5.32. The molecule has 1 aliphatic heterocycles. The van der Waals surface area contributed by atoms with Crippen molar-refractivity contribution in [2.24, 2.45) is 5.10 Å². The average Bonchev–Trinajstić information content (AvgIpc) is 2.69. The quantitative estimate of drug-likeness (QED) is 0.644. The van der Waals surface area contributed by atoms with Crippen LogP contribution in [0.3, 0.4) is 0 Å². The van der Waals surface area contributed by atoms with Gasteiger partial charge in [-0.1, -0.05) is 12.1 Å². The van der Waals surface area contributed by atoms with E-state index in [9.17, 15) is 9.59 Å². The summed E-state index contributed by atoms with van der Waals surface area (Å²) < 4.78 is 4.96. The molecule has 0 unspecified atom stereocenters. The summed E-state index contributed by atoms with van der Waals surface area (Å²) in [6.07, 6.45) is -0.378. The minimum atomic E-state index is -0.378. The molecule has 0 aliphatic carbocycles. The molecule has 9 nitrogen and oxygen atoms in total. The summed E-state index contributed by atoms with van der Waals surface area (Å²) >= 11 is 0. The number of para-hydroxylation sites is 1. The summed E-state index contributed by atoms with van der Waals surface area (Å²) in [7, 11) is 0. The van der Waals surface area contributed by atoms with E-state index in [-0.39, 0.29) is 17.7 Å². The third-order valence-electron chi connectivity index (χ3n) is 3.75. The Morgan fingerprint density at radius 2 is 1.77 bits per heavy atom. The Morgan fingerprint density at radius 1 is 1.15 bits per heavy atom. The third-order valence-corrected chi connectivity index (χ3v) is 3.75. The van der Waals surface area contributed by atoms with E-state index >= 15 is 0 Å². The van der Waals surface area contributed by atoms with Crippen LogP contribution in [0.4, 0.5) is 10.5 Å². The van der Waals surface area contributed by atoms with Crippen LogP contribution in [0.1, 0.15) is 17.3 Å². The van der Waals surface area contributed by atoms with Crippen molar-refractivity contribution < 1.29 is 14.3 Å². The molecule has 2 rings (SSSR count). The van der Waals surface area contributed by atoms with Gasteiger partial charge in [0.25, 0.3) is 5.91 Å². The van der Waals surface area contributed by atoms with E-state index in [0.717, 1.165) is 0 Å². The van der Waals surface area contributed by atoms with E-state index in [1.165, 1.54) is 0 Å². The molecule has 1 aliphatic rings. The van der Waals surface area contributed by atoms with Gasteiger partial charge in [-0.05, 0) is 19.1 Å². The van der Waals surface area contributed by atoms with Crippen molar-refractivity contribution >= 4 is 23.4 Å². The molecule has 2 amide bonds. The number of piperazine rings is 1. The van der Waals surface area contributed by atoms with E-state index in [4.69, 9.17) is 15.3 Å². The number of hydrogen-bond acceptors (Lipinski definition) is 7. The number of anilines is 1. The molecule has 134 valence electrons. The molecular formula is C17H18N6O3. The molecule has 0 atom stereocenters. The van der Waals surface area contributed by atoms with Crippen molar-refractivity contribution in [2.75, 3.05) is 38.2 Å². The highest BCUT2D eigenvalue weighted by molar-refractivity contribution is 6.10. The van der Waals surface area contributed by atoms with Gasteiger partial charge in [0.2, 0.25) is 5.71 Å². The lowest BCUT2D eigenvalue weighted by atomic mass is 10.1. The lowest BCUT2D eigenvalue weighted by Crippen LogP contribution is -2.50. The molecule has 1 saturated heterocycles. The number of carbonyl (C=O) groups excluding carboxylic acids is 2. The van der Waals surface area contributed by atoms with Crippen molar-refractivity contribution in [1.82, 2.24) is 9.80 Å². The lowest BCUT2D eigenvalue weighted by molar-refractivity contribution is 0.0571. The molecule has 26 heavy (non-hydrogen) atoms. The van der Waals surface area contributed by atoms with Gasteiger partial charge in [-0.2, -0.15) is 15.6 Å². The number of benzene rings is 1. The number of nitriles is 2. The molecule has 0 bridgehead atoms. The number of rotatable bonds is 4. The summed E-state index contributed by atoms with van der Waals surface area (Å²) in [6.45, 7) is 3.61. The highest BCUT2D eigenvalue weighted by Gasteiger charge is 2.26. The van der Waals surface area contributed by atoms with Crippen LogP contribution >= 0.6 is 0 Å². The summed E-state index contributed by atoms with van der Waals surface area (Å²) in [5.41, 5.74) is 3.02. The number of hydrogen-bond donors (Lipinski definition) is 1. The maximum Gasteiger partial charge on any atom is 0.409 e. The predicted octanol–water partition coefficient (Wildman–Crippen LogP) is 1.42. The van der Waals surface area contributed by atoms with Gasteiger partial charge in [0.05, 0.1) is 17.9 Å². The van der Waals surface area contributed by atoms with Crippen LogP contribution < -0.4 is 5.43 Å². The van der Waals surface area contributed by atoms with Gasteiger partial charge in [0.15, 0.2) is 0 Å². The number of nitrogens with zero attached hydrogens (tertiary/aromatic N) is 5. The standard InChI is InChI=1S/C17H18N6O3/c1-2-26-17(25)23-9-7-22(8-10-23)16(24)14-5-3-4-6-15(14)21-20-13(11-18)12-19/h3-6,21H,2,7-10H2,1H3. The van der Waals surface area contributed by atoms with Gasteiger partial charge in [-0.3, -0.25) is 10.2 Å². The number of amides is 2. The molecule has 1 aromatic carbocycles. The molecule has 0 spiro atoms. The van der Waals surface area contributed by atoms with Crippen LogP contribution in [0, 0.1) is 22.7 Å². The number of hydrazone groups is 1. The van der Waals surface area contributed by atoms with Crippen molar-refractivity contribution in [3.63, 3.8) is 0 Å². The maximum atomic E-state index is 12.8. The largest absolute Gasteiger partial charge is 0.450 e. The molecule has 0 saturated carbocycles. The zero-order valence-electron chi connectivity index (χ0n) is 14.3. The Kier molecular flexibility index (Phi) is 6.52. The van der Waals surface area contributed by atoms with Crippen LogP contribution in [-0.2, 0) is 4.74 Å². The molecule has 1 heterocycles. The summed E-state index contributed by atoms with van der Waals surface area (Å²) in [5.74, 6) is -0.220. The molecule has 9 heteroatoms. The zero-order chi connectivity index (χ0) is 18.9. The Balaban J connectivity index is 2.07. The van der Waals surface area contributed by atoms with Gasteiger partial charge >= 0.3 is 6.09 Å². The SMILES string of the molecule is CCOC(=O)N1CCN(C(=O)c2ccccc2NN=C(C#N)C#N)CC1. The molecule has 1 aromatic rings. The van der Waals surface area contributed by atoms with Gasteiger partial charge in [0.1, 0.15) is 12.1 Å². The van der Waals surface area contributed by atoms with Crippen LogP contribution in [0.15, 0.2) is 29.4 Å². The van der Waals surface area contributed by atoms with Gasteiger partial charge in [0, 0.05) is 26.2 Å². The molecule has 1 fully saturated rings. The number of ether oxygens (including phenoxy) is 1. The van der Waals surface area contributed by atoms with Crippen LogP contribution in [0.5, 0.6) is 0 Å². The Hall–Kier alpha value is -3.59. The Morgan fingerprint density at radius 3 is 2.38 bits per heavy atom. The van der Waals surface area contributed by atoms with Crippen molar-refractivity contribution in [2.45, 2.75) is 6.92 Å². The fourth-order valence-electron chi connectivity index (χ4n) is 2.44. The highest BCUT2D eigenvalue weighted by atomic mass is 16.6. The highest BCUT2D eigenvalue weighted by Crippen LogP contribution is 2.18. The number of nitrogens with one attached hydrogen (secondary N) is 1. The van der Waals surface area contributed by atoms with E-state index in [0.29, 0.717) is 44.0 Å². The average molecular weight is 354 g/mol. The maximum absolute atomic E-state index is 12.8. The third kappa shape index (κ3) is 4.48. The first kappa shape index (κ1) is 18.7. The normalized spacial score (nSPS) is 13.2. The van der Waals surface area contributed by atoms with E-state index in [1.54, 1.807) is 53.1 Å². The van der Waals surface area contributed by atoms with Gasteiger partial charge in [-0.15, -0.1) is 0 Å². The topological polar surface area (TPSA) is 122 Å². The van der Waals surface area contributed by atoms with Crippen LogP contribution in [0.25, 0.3) is 0 Å². The van der Waals surface area contributed by atoms with Crippen molar-refractivity contribution in [1.29, 1.82) is 10.5 Å².